The standard InChI is InChI=1S/C14H18Cl2N2O3/c15-5-7-18(8-6-16)13-4-2-1-3-11(13)9-12(14(20)21)17-10-19/h1-4,10,12H,5-9H2,(H,17,19)(H,20,21). The fraction of sp³-hybridized carbons (Fsp3) is 0.429. The highest BCUT2D eigenvalue weighted by Crippen LogP contribution is 2.22. The average Bonchev–Trinajstić information content (AvgIpc) is 2.47. The normalized spacial score (nSPS) is 11.7. The van der Waals surface area contributed by atoms with Crippen LogP contribution < -0.4 is 10.2 Å². The number of benzene rings is 1. The molecule has 0 spiro atoms. The summed E-state index contributed by atoms with van der Waals surface area (Å²) in [5.74, 6) is -0.182. The number of para-hydroxylation sites is 1. The molecule has 0 aromatic heterocycles. The lowest BCUT2D eigenvalue weighted by Crippen LogP contribution is -2.38. The lowest BCUT2D eigenvalue weighted by Gasteiger charge is -2.26. The summed E-state index contributed by atoms with van der Waals surface area (Å²) in [6, 6.07) is 6.48. The van der Waals surface area contributed by atoms with Crippen LogP contribution in [-0.2, 0) is 16.0 Å². The molecule has 0 heterocycles. The number of amides is 1. The molecule has 1 aromatic rings. The molecule has 0 radical (unpaired) electrons. The van der Waals surface area contributed by atoms with E-state index in [1.54, 1.807) is 0 Å². The van der Waals surface area contributed by atoms with Crippen molar-refractivity contribution in [3.05, 3.63) is 29.8 Å². The highest BCUT2D eigenvalue weighted by molar-refractivity contribution is 6.18. The van der Waals surface area contributed by atoms with E-state index in [2.05, 4.69) is 5.32 Å². The van der Waals surface area contributed by atoms with Crippen LogP contribution in [0.15, 0.2) is 24.3 Å². The number of alkyl halides is 2. The first-order valence-electron chi connectivity index (χ1n) is 6.51. The number of nitrogens with one attached hydrogen (secondary N) is 1. The predicted octanol–water partition coefficient (Wildman–Crippen LogP) is 1.71. The number of nitrogens with zero attached hydrogens (tertiary/aromatic N) is 1. The van der Waals surface area contributed by atoms with Crippen LogP contribution in [0.2, 0.25) is 0 Å². The Morgan fingerprint density at radius 1 is 1.29 bits per heavy atom. The maximum atomic E-state index is 11.1. The summed E-state index contributed by atoms with van der Waals surface area (Å²) in [6.45, 7) is 1.23. The molecule has 0 aliphatic carbocycles. The summed E-state index contributed by atoms with van der Waals surface area (Å²) in [5.41, 5.74) is 1.72. The largest absolute Gasteiger partial charge is 0.480 e. The van der Waals surface area contributed by atoms with Gasteiger partial charge < -0.3 is 15.3 Å². The van der Waals surface area contributed by atoms with Crippen molar-refractivity contribution in [1.82, 2.24) is 5.32 Å². The number of hydrogen-bond acceptors (Lipinski definition) is 3. The number of rotatable bonds is 10. The summed E-state index contributed by atoms with van der Waals surface area (Å²) < 4.78 is 0. The lowest BCUT2D eigenvalue weighted by atomic mass is 10.0. The Balaban J connectivity index is 3.00. The highest BCUT2D eigenvalue weighted by atomic mass is 35.5. The molecule has 1 unspecified atom stereocenters. The number of carboxylic acids is 1. The van der Waals surface area contributed by atoms with Crippen molar-refractivity contribution in [1.29, 1.82) is 0 Å². The molecule has 0 aliphatic heterocycles. The summed E-state index contributed by atoms with van der Waals surface area (Å²) in [6.07, 6.45) is 0.599. The van der Waals surface area contributed by atoms with E-state index in [-0.39, 0.29) is 6.42 Å². The molecule has 1 amide bonds. The van der Waals surface area contributed by atoms with Crippen LogP contribution in [0.25, 0.3) is 0 Å². The number of carboxylic acid groups (broad SMARTS) is 1. The maximum Gasteiger partial charge on any atom is 0.326 e. The Morgan fingerprint density at radius 2 is 1.90 bits per heavy atom. The van der Waals surface area contributed by atoms with Crippen LogP contribution >= 0.6 is 23.2 Å². The van der Waals surface area contributed by atoms with Gasteiger partial charge in [0.25, 0.3) is 0 Å². The molecule has 0 aliphatic rings. The van der Waals surface area contributed by atoms with E-state index in [4.69, 9.17) is 28.3 Å². The van der Waals surface area contributed by atoms with Gasteiger partial charge in [-0.3, -0.25) is 4.79 Å². The van der Waals surface area contributed by atoms with Crippen molar-refractivity contribution in [2.75, 3.05) is 29.7 Å². The SMILES string of the molecule is O=CNC(Cc1ccccc1N(CCCl)CCCl)C(=O)O. The molecule has 0 fully saturated rings. The van der Waals surface area contributed by atoms with E-state index in [1.165, 1.54) is 0 Å². The fourth-order valence-electron chi connectivity index (χ4n) is 2.07. The first-order valence-corrected chi connectivity index (χ1v) is 7.58. The minimum absolute atomic E-state index is 0.200. The number of carbonyl (C=O) groups is 2. The first-order chi connectivity index (χ1) is 10.1. The summed E-state index contributed by atoms with van der Waals surface area (Å²) >= 11 is 11.6. The lowest BCUT2D eigenvalue weighted by molar-refractivity contribution is -0.140. The molecule has 2 N–H and O–H groups in total. The Bertz CT molecular complexity index is 465. The zero-order chi connectivity index (χ0) is 15.7. The average molecular weight is 333 g/mol. The van der Waals surface area contributed by atoms with Gasteiger partial charge >= 0.3 is 5.97 Å². The third kappa shape index (κ3) is 5.44. The molecule has 1 atom stereocenters. The van der Waals surface area contributed by atoms with Crippen molar-refractivity contribution < 1.29 is 14.7 Å². The van der Waals surface area contributed by atoms with Gasteiger partial charge in [-0.05, 0) is 11.6 Å². The van der Waals surface area contributed by atoms with E-state index in [1.807, 2.05) is 29.2 Å². The van der Waals surface area contributed by atoms with Crippen LogP contribution in [0, 0.1) is 0 Å². The molecule has 1 aromatic carbocycles. The third-order valence-electron chi connectivity index (χ3n) is 3.03. The van der Waals surface area contributed by atoms with Crippen LogP contribution in [0.5, 0.6) is 0 Å². The van der Waals surface area contributed by atoms with Crippen LogP contribution in [0.3, 0.4) is 0 Å². The Morgan fingerprint density at radius 3 is 2.43 bits per heavy atom. The third-order valence-corrected chi connectivity index (χ3v) is 3.37. The van der Waals surface area contributed by atoms with Crippen molar-refractivity contribution in [3.8, 4) is 0 Å². The molecule has 1 rings (SSSR count). The number of halogens is 2. The number of anilines is 1. The molecule has 0 saturated heterocycles. The van der Waals surface area contributed by atoms with E-state index < -0.39 is 12.0 Å². The van der Waals surface area contributed by atoms with Crippen molar-refractivity contribution in [3.63, 3.8) is 0 Å². The van der Waals surface area contributed by atoms with Gasteiger partial charge in [0.15, 0.2) is 0 Å². The molecular weight excluding hydrogens is 315 g/mol. The zero-order valence-corrected chi connectivity index (χ0v) is 13.0. The minimum Gasteiger partial charge on any atom is -0.480 e. The second-order valence-corrected chi connectivity index (χ2v) is 5.13. The Labute approximate surface area is 133 Å². The van der Waals surface area contributed by atoms with Gasteiger partial charge in [0.05, 0.1) is 0 Å². The van der Waals surface area contributed by atoms with Gasteiger partial charge in [0, 0.05) is 37.0 Å². The molecule has 5 nitrogen and oxygen atoms in total. The molecule has 21 heavy (non-hydrogen) atoms. The first kappa shape index (κ1) is 17.6. The minimum atomic E-state index is -1.07. The fourth-order valence-corrected chi connectivity index (χ4v) is 2.48. The summed E-state index contributed by atoms with van der Waals surface area (Å²) in [7, 11) is 0. The topological polar surface area (TPSA) is 69.6 Å². The van der Waals surface area contributed by atoms with Gasteiger partial charge in [-0.1, -0.05) is 18.2 Å². The van der Waals surface area contributed by atoms with Crippen LogP contribution in [0.4, 0.5) is 5.69 Å². The predicted molar refractivity (Wildman–Crippen MR) is 84.4 cm³/mol. The summed E-state index contributed by atoms with van der Waals surface area (Å²) in [5, 5.41) is 11.4. The van der Waals surface area contributed by atoms with Crippen molar-refractivity contribution >= 4 is 41.3 Å². The number of hydrogen-bond donors (Lipinski definition) is 2. The van der Waals surface area contributed by atoms with E-state index in [9.17, 15) is 9.59 Å². The summed E-state index contributed by atoms with van der Waals surface area (Å²) in [4.78, 5) is 23.7. The monoisotopic (exact) mass is 332 g/mol. The van der Waals surface area contributed by atoms with E-state index in [0.717, 1.165) is 11.3 Å². The van der Waals surface area contributed by atoms with Gasteiger partial charge in [-0.15, -0.1) is 23.2 Å². The highest BCUT2D eigenvalue weighted by Gasteiger charge is 2.20. The van der Waals surface area contributed by atoms with Crippen LogP contribution in [0.1, 0.15) is 5.56 Å². The van der Waals surface area contributed by atoms with Crippen molar-refractivity contribution in [2.24, 2.45) is 0 Å². The van der Waals surface area contributed by atoms with Gasteiger partial charge in [-0.2, -0.15) is 0 Å². The van der Waals surface area contributed by atoms with Gasteiger partial charge in [0.1, 0.15) is 6.04 Å². The zero-order valence-electron chi connectivity index (χ0n) is 11.5. The van der Waals surface area contributed by atoms with E-state index >= 15 is 0 Å². The van der Waals surface area contributed by atoms with Gasteiger partial charge in [0.2, 0.25) is 6.41 Å². The Hall–Kier alpha value is -1.46. The molecule has 0 saturated carbocycles. The van der Waals surface area contributed by atoms with Gasteiger partial charge in [-0.25, -0.2) is 4.79 Å². The quantitative estimate of drug-likeness (QED) is 0.505. The van der Waals surface area contributed by atoms with Crippen molar-refractivity contribution in [2.45, 2.75) is 12.5 Å². The maximum absolute atomic E-state index is 11.1. The second-order valence-electron chi connectivity index (χ2n) is 4.37. The molecule has 116 valence electrons. The van der Waals surface area contributed by atoms with E-state index in [0.29, 0.717) is 31.3 Å². The molecule has 0 bridgehead atoms. The Kier molecular flexibility index (Phi) is 7.93. The number of aliphatic carboxylic acids is 1. The molecule has 7 heteroatoms. The smallest absolute Gasteiger partial charge is 0.326 e. The molecular formula is C14H18Cl2N2O3. The van der Waals surface area contributed by atoms with Crippen LogP contribution in [-0.4, -0.2) is 48.4 Å². The second kappa shape index (κ2) is 9.47. The number of carbonyl (C=O) groups excluding carboxylic acids is 1.